The molecular formula is C11H19N. The molecule has 68 valence electrons. The zero-order valence-corrected chi connectivity index (χ0v) is 8.65. The maximum atomic E-state index is 4.68. The summed E-state index contributed by atoms with van der Waals surface area (Å²) in [6.45, 7) is 8.85. The third kappa shape index (κ3) is 1.96. The number of aliphatic imine (C=N–C) groups is 1. The first-order chi connectivity index (χ1) is 5.65. The van der Waals surface area contributed by atoms with Crippen molar-refractivity contribution in [2.45, 2.75) is 47.0 Å². The minimum atomic E-state index is 0.625. The van der Waals surface area contributed by atoms with Crippen molar-refractivity contribution >= 4 is 5.71 Å². The number of rotatable bonds is 2. The highest BCUT2D eigenvalue weighted by Gasteiger charge is 2.12. The summed E-state index contributed by atoms with van der Waals surface area (Å²) in [7, 11) is 0. The highest BCUT2D eigenvalue weighted by molar-refractivity contribution is 5.88. The average molecular weight is 165 g/mol. The van der Waals surface area contributed by atoms with Gasteiger partial charge in [0.2, 0.25) is 0 Å². The number of hydrogen-bond donors (Lipinski definition) is 0. The molecule has 0 aromatic rings. The second-order valence-electron chi connectivity index (χ2n) is 3.84. The van der Waals surface area contributed by atoms with Crippen LogP contribution in [-0.2, 0) is 0 Å². The Bertz CT molecular complexity index is 221. The average Bonchev–Trinajstić information content (AvgIpc) is 2.05. The molecule has 0 spiro atoms. The minimum absolute atomic E-state index is 0.625. The number of hydrogen-bond acceptors (Lipinski definition) is 1. The molecule has 0 aromatic heterocycles. The van der Waals surface area contributed by atoms with Gasteiger partial charge in [-0.15, -0.1) is 0 Å². The van der Waals surface area contributed by atoms with Crippen molar-refractivity contribution in [3.05, 3.63) is 11.3 Å². The van der Waals surface area contributed by atoms with Crippen molar-refractivity contribution in [3.8, 4) is 0 Å². The first-order valence-corrected chi connectivity index (χ1v) is 4.91. The van der Waals surface area contributed by atoms with Crippen LogP contribution in [-0.4, -0.2) is 5.71 Å². The Morgan fingerprint density at radius 2 is 2.00 bits per heavy atom. The van der Waals surface area contributed by atoms with Crippen LogP contribution in [0.4, 0.5) is 0 Å². The van der Waals surface area contributed by atoms with Gasteiger partial charge >= 0.3 is 0 Å². The Morgan fingerprint density at radius 3 is 2.50 bits per heavy atom. The lowest BCUT2D eigenvalue weighted by atomic mass is 9.96. The molecule has 0 bridgehead atoms. The van der Waals surface area contributed by atoms with Gasteiger partial charge in [-0.25, -0.2) is 0 Å². The van der Waals surface area contributed by atoms with E-state index in [4.69, 9.17) is 0 Å². The Morgan fingerprint density at radius 1 is 1.33 bits per heavy atom. The fourth-order valence-corrected chi connectivity index (χ4v) is 1.58. The summed E-state index contributed by atoms with van der Waals surface area (Å²) in [5, 5.41) is 0. The minimum Gasteiger partial charge on any atom is -0.262 e. The molecule has 0 amide bonds. The summed E-state index contributed by atoms with van der Waals surface area (Å²) in [6, 6.07) is 0. The SMILES string of the molecule is CCC1=C(C)CCC(C(C)C)=N1. The largest absolute Gasteiger partial charge is 0.262 e. The van der Waals surface area contributed by atoms with Crippen molar-refractivity contribution in [1.29, 1.82) is 0 Å². The molecule has 1 aliphatic rings. The lowest BCUT2D eigenvalue weighted by molar-refractivity contribution is 0.796. The summed E-state index contributed by atoms with van der Waals surface area (Å²) in [5.41, 5.74) is 4.20. The summed E-state index contributed by atoms with van der Waals surface area (Å²) in [6.07, 6.45) is 3.48. The van der Waals surface area contributed by atoms with E-state index in [1.807, 2.05) is 0 Å². The van der Waals surface area contributed by atoms with Gasteiger partial charge in [0.05, 0.1) is 0 Å². The van der Waals surface area contributed by atoms with E-state index >= 15 is 0 Å². The quantitative estimate of drug-likeness (QED) is 0.593. The van der Waals surface area contributed by atoms with E-state index in [0.717, 1.165) is 6.42 Å². The van der Waals surface area contributed by atoms with E-state index in [0.29, 0.717) is 5.92 Å². The topological polar surface area (TPSA) is 12.4 Å². The van der Waals surface area contributed by atoms with Gasteiger partial charge in [0.1, 0.15) is 0 Å². The van der Waals surface area contributed by atoms with Gasteiger partial charge in [0.15, 0.2) is 0 Å². The maximum Gasteiger partial charge on any atom is 0.0389 e. The summed E-state index contributed by atoms with van der Waals surface area (Å²) in [4.78, 5) is 4.68. The lowest BCUT2D eigenvalue weighted by Crippen LogP contribution is -2.12. The van der Waals surface area contributed by atoms with Crippen molar-refractivity contribution in [1.82, 2.24) is 0 Å². The second kappa shape index (κ2) is 3.88. The van der Waals surface area contributed by atoms with Crippen molar-refractivity contribution < 1.29 is 0 Å². The smallest absolute Gasteiger partial charge is 0.0389 e. The van der Waals surface area contributed by atoms with Gasteiger partial charge in [0, 0.05) is 11.4 Å². The molecule has 1 heterocycles. The Labute approximate surface area is 75.6 Å². The predicted molar refractivity (Wildman–Crippen MR) is 54.5 cm³/mol. The molecule has 0 saturated carbocycles. The van der Waals surface area contributed by atoms with Crippen LogP contribution in [0.5, 0.6) is 0 Å². The van der Waals surface area contributed by atoms with E-state index < -0.39 is 0 Å². The van der Waals surface area contributed by atoms with Crippen molar-refractivity contribution in [3.63, 3.8) is 0 Å². The van der Waals surface area contributed by atoms with E-state index in [2.05, 4.69) is 32.7 Å². The fourth-order valence-electron chi connectivity index (χ4n) is 1.58. The molecule has 12 heavy (non-hydrogen) atoms. The fraction of sp³-hybridized carbons (Fsp3) is 0.727. The molecule has 0 saturated heterocycles. The normalized spacial score (nSPS) is 18.6. The highest BCUT2D eigenvalue weighted by Crippen LogP contribution is 2.23. The molecule has 0 unspecified atom stereocenters. The Balaban J connectivity index is 2.83. The van der Waals surface area contributed by atoms with Gasteiger partial charge < -0.3 is 0 Å². The van der Waals surface area contributed by atoms with E-state index in [-0.39, 0.29) is 0 Å². The monoisotopic (exact) mass is 165 g/mol. The van der Waals surface area contributed by atoms with Crippen LogP contribution in [0.1, 0.15) is 47.0 Å². The van der Waals surface area contributed by atoms with Gasteiger partial charge in [-0.05, 0) is 32.1 Å². The molecule has 0 atom stereocenters. The molecular weight excluding hydrogens is 146 g/mol. The predicted octanol–water partition coefficient (Wildman–Crippen LogP) is 3.56. The molecule has 0 radical (unpaired) electrons. The standard InChI is InChI=1S/C11H19N/c1-5-10-9(4)6-7-11(12-10)8(2)3/h8H,5-7H2,1-4H3. The van der Waals surface area contributed by atoms with E-state index in [1.165, 1.54) is 29.8 Å². The first kappa shape index (κ1) is 9.50. The van der Waals surface area contributed by atoms with Crippen LogP contribution in [0.25, 0.3) is 0 Å². The molecule has 0 aromatic carbocycles. The molecule has 1 aliphatic heterocycles. The zero-order valence-electron chi connectivity index (χ0n) is 8.65. The maximum absolute atomic E-state index is 4.68. The van der Waals surface area contributed by atoms with Gasteiger partial charge in [-0.3, -0.25) is 4.99 Å². The molecule has 1 nitrogen and oxygen atoms in total. The summed E-state index contributed by atoms with van der Waals surface area (Å²) < 4.78 is 0. The number of allylic oxidation sites excluding steroid dienone is 2. The Kier molecular flexibility index (Phi) is 3.07. The van der Waals surface area contributed by atoms with Gasteiger partial charge in [-0.1, -0.05) is 26.3 Å². The third-order valence-corrected chi connectivity index (χ3v) is 2.53. The Hall–Kier alpha value is -0.590. The first-order valence-electron chi connectivity index (χ1n) is 4.91. The van der Waals surface area contributed by atoms with Crippen molar-refractivity contribution in [2.24, 2.45) is 10.9 Å². The molecule has 0 fully saturated rings. The highest BCUT2D eigenvalue weighted by atomic mass is 14.8. The molecule has 1 rings (SSSR count). The van der Waals surface area contributed by atoms with Crippen LogP contribution in [0, 0.1) is 5.92 Å². The van der Waals surface area contributed by atoms with Crippen LogP contribution in [0.2, 0.25) is 0 Å². The van der Waals surface area contributed by atoms with Gasteiger partial charge in [-0.2, -0.15) is 0 Å². The van der Waals surface area contributed by atoms with Crippen LogP contribution < -0.4 is 0 Å². The van der Waals surface area contributed by atoms with Gasteiger partial charge in [0.25, 0.3) is 0 Å². The number of nitrogens with zero attached hydrogens (tertiary/aromatic N) is 1. The van der Waals surface area contributed by atoms with Crippen molar-refractivity contribution in [2.75, 3.05) is 0 Å². The molecule has 0 aliphatic carbocycles. The summed E-state index contributed by atoms with van der Waals surface area (Å²) in [5.74, 6) is 0.625. The lowest BCUT2D eigenvalue weighted by Gasteiger charge is -2.18. The molecule has 1 heteroatoms. The summed E-state index contributed by atoms with van der Waals surface area (Å²) >= 11 is 0. The molecule has 0 N–H and O–H groups in total. The van der Waals surface area contributed by atoms with E-state index in [9.17, 15) is 0 Å². The third-order valence-electron chi connectivity index (χ3n) is 2.53. The van der Waals surface area contributed by atoms with Crippen LogP contribution in [0.15, 0.2) is 16.3 Å². The van der Waals surface area contributed by atoms with E-state index in [1.54, 1.807) is 0 Å². The van der Waals surface area contributed by atoms with Crippen LogP contribution in [0.3, 0.4) is 0 Å². The van der Waals surface area contributed by atoms with Crippen LogP contribution >= 0.6 is 0 Å². The second-order valence-corrected chi connectivity index (χ2v) is 3.84. The zero-order chi connectivity index (χ0) is 9.14.